The average molecular weight is 446 g/mol. The van der Waals surface area contributed by atoms with Gasteiger partial charge in [-0.3, -0.25) is 9.51 Å². The first-order chi connectivity index (χ1) is 14.6. The summed E-state index contributed by atoms with van der Waals surface area (Å²) in [5, 5.41) is 7.64. The lowest BCUT2D eigenvalue weighted by molar-refractivity contribution is 0.388. The fourth-order valence-electron chi connectivity index (χ4n) is 2.81. The molecule has 10 nitrogen and oxygen atoms in total. The highest BCUT2D eigenvalue weighted by Gasteiger charge is 2.11. The van der Waals surface area contributed by atoms with Gasteiger partial charge in [0.25, 0.3) is 0 Å². The normalized spacial score (nSPS) is 11.4. The number of H-pyrrole nitrogens is 1. The molecule has 0 atom stereocenters. The van der Waals surface area contributed by atoms with E-state index in [0.717, 1.165) is 10.2 Å². The van der Waals surface area contributed by atoms with Crippen molar-refractivity contribution in [2.24, 2.45) is 5.73 Å². The Morgan fingerprint density at radius 3 is 2.55 bits per heavy atom. The SMILES string of the molecule is Cl.NC/C(=C\F)Cn1ncn(-c2cccc(-c3ccc(-c4noc(=O)[nH]4)cc3)n2)c1=O. The molecule has 0 bridgehead atoms. The van der Waals surface area contributed by atoms with Gasteiger partial charge < -0.3 is 5.73 Å². The fraction of sp³-hybridized carbons (Fsp3) is 0.105. The number of rotatable bonds is 6. The third kappa shape index (κ3) is 4.52. The van der Waals surface area contributed by atoms with Gasteiger partial charge in [0, 0.05) is 17.7 Å². The van der Waals surface area contributed by atoms with Crippen molar-refractivity contribution in [1.29, 1.82) is 0 Å². The molecule has 0 unspecified atom stereocenters. The molecule has 0 saturated carbocycles. The summed E-state index contributed by atoms with van der Waals surface area (Å²) in [7, 11) is 0. The van der Waals surface area contributed by atoms with Crippen molar-refractivity contribution in [2.75, 3.05) is 6.54 Å². The van der Waals surface area contributed by atoms with Gasteiger partial charge in [-0.25, -0.2) is 28.2 Å². The van der Waals surface area contributed by atoms with Crippen LogP contribution in [0.1, 0.15) is 0 Å². The van der Waals surface area contributed by atoms with Crippen molar-refractivity contribution < 1.29 is 8.91 Å². The lowest BCUT2D eigenvalue weighted by Gasteiger charge is -2.05. The van der Waals surface area contributed by atoms with Gasteiger partial charge in [-0.15, -0.1) is 12.4 Å². The molecule has 0 aliphatic heterocycles. The second kappa shape index (κ2) is 9.32. The Balaban J connectivity index is 0.00000272. The summed E-state index contributed by atoms with van der Waals surface area (Å²) in [6.07, 6.45) is 1.70. The van der Waals surface area contributed by atoms with Gasteiger partial charge in [-0.1, -0.05) is 35.5 Å². The topological polar surface area (TPSA) is 138 Å². The second-order valence-corrected chi connectivity index (χ2v) is 6.31. The molecule has 0 aliphatic carbocycles. The van der Waals surface area contributed by atoms with Crippen LogP contribution >= 0.6 is 12.4 Å². The Hall–Kier alpha value is -3.83. The molecule has 4 rings (SSSR count). The Kier molecular flexibility index (Phi) is 6.58. The van der Waals surface area contributed by atoms with E-state index in [9.17, 15) is 14.0 Å². The summed E-state index contributed by atoms with van der Waals surface area (Å²) in [6, 6.07) is 12.4. The lowest BCUT2D eigenvalue weighted by atomic mass is 10.1. The van der Waals surface area contributed by atoms with Crippen LogP contribution < -0.4 is 17.2 Å². The first kappa shape index (κ1) is 21.9. The van der Waals surface area contributed by atoms with Gasteiger partial charge in [0.05, 0.1) is 18.6 Å². The number of hydrogen-bond acceptors (Lipinski definition) is 7. The van der Waals surface area contributed by atoms with Gasteiger partial charge in [0.15, 0.2) is 5.82 Å². The molecule has 160 valence electrons. The van der Waals surface area contributed by atoms with Crippen LogP contribution in [-0.4, -0.2) is 36.0 Å². The van der Waals surface area contributed by atoms with Gasteiger partial charge in [-0.05, 0) is 17.7 Å². The molecule has 0 saturated heterocycles. The largest absolute Gasteiger partial charge is 0.439 e. The predicted octanol–water partition coefficient (Wildman–Crippen LogP) is 1.67. The molecule has 3 heterocycles. The summed E-state index contributed by atoms with van der Waals surface area (Å²) in [6.45, 7) is -0.0497. The molecule has 0 fully saturated rings. The minimum absolute atomic E-state index is 0. The number of nitrogens with zero attached hydrogens (tertiary/aromatic N) is 5. The number of aromatic nitrogens is 6. The smallest absolute Gasteiger partial charge is 0.327 e. The highest BCUT2D eigenvalue weighted by molar-refractivity contribution is 5.85. The number of nitrogens with one attached hydrogen (secondary N) is 1. The quantitative estimate of drug-likeness (QED) is 0.460. The summed E-state index contributed by atoms with van der Waals surface area (Å²) in [4.78, 5) is 30.7. The summed E-state index contributed by atoms with van der Waals surface area (Å²) in [5.41, 5.74) is 7.31. The molecular weight excluding hydrogens is 429 g/mol. The molecule has 0 aliphatic rings. The fourth-order valence-corrected chi connectivity index (χ4v) is 2.81. The Labute approximate surface area is 180 Å². The van der Waals surface area contributed by atoms with Crippen molar-refractivity contribution in [3.8, 4) is 28.5 Å². The maximum Gasteiger partial charge on any atom is 0.439 e. The molecule has 0 spiro atoms. The Morgan fingerprint density at radius 2 is 1.90 bits per heavy atom. The maximum absolute atomic E-state index is 12.8. The number of hydrogen-bond donors (Lipinski definition) is 2. The first-order valence-corrected chi connectivity index (χ1v) is 8.86. The highest BCUT2D eigenvalue weighted by atomic mass is 35.5. The van der Waals surface area contributed by atoms with Gasteiger partial charge >= 0.3 is 11.4 Å². The minimum Gasteiger partial charge on any atom is -0.327 e. The highest BCUT2D eigenvalue weighted by Crippen LogP contribution is 2.22. The molecule has 0 radical (unpaired) electrons. The van der Waals surface area contributed by atoms with E-state index >= 15 is 0 Å². The van der Waals surface area contributed by atoms with Gasteiger partial charge in [-0.2, -0.15) is 5.10 Å². The molecule has 4 aromatic rings. The van der Waals surface area contributed by atoms with E-state index in [2.05, 4.69) is 24.7 Å². The molecule has 1 aromatic carbocycles. The van der Waals surface area contributed by atoms with E-state index in [1.807, 2.05) is 0 Å². The zero-order valence-electron chi connectivity index (χ0n) is 15.9. The zero-order valence-corrected chi connectivity index (χ0v) is 16.8. The van der Waals surface area contributed by atoms with Gasteiger partial charge in [0.2, 0.25) is 0 Å². The number of aromatic amines is 1. The van der Waals surface area contributed by atoms with E-state index in [1.54, 1.807) is 42.5 Å². The lowest BCUT2D eigenvalue weighted by Crippen LogP contribution is -2.26. The molecule has 3 N–H and O–H groups in total. The number of nitrogens with two attached hydrogens (primary N) is 1. The van der Waals surface area contributed by atoms with E-state index in [1.165, 1.54) is 10.9 Å². The molecule has 3 aromatic heterocycles. The second-order valence-electron chi connectivity index (χ2n) is 6.31. The van der Waals surface area contributed by atoms with E-state index in [4.69, 9.17) is 5.73 Å². The first-order valence-electron chi connectivity index (χ1n) is 8.86. The summed E-state index contributed by atoms with van der Waals surface area (Å²) >= 11 is 0. The number of benzene rings is 1. The minimum atomic E-state index is -0.630. The van der Waals surface area contributed by atoms with Crippen LogP contribution in [0.25, 0.3) is 28.5 Å². The molecule has 0 amide bonds. The predicted molar refractivity (Wildman–Crippen MR) is 113 cm³/mol. The van der Waals surface area contributed by atoms with Crippen LogP contribution in [0.2, 0.25) is 0 Å². The van der Waals surface area contributed by atoms with E-state index in [-0.39, 0.29) is 31.1 Å². The zero-order chi connectivity index (χ0) is 21.1. The van der Waals surface area contributed by atoms with Crippen LogP contribution in [0.5, 0.6) is 0 Å². The van der Waals surface area contributed by atoms with Crippen molar-refractivity contribution in [2.45, 2.75) is 6.54 Å². The van der Waals surface area contributed by atoms with Gasteiger partial charge in [0.1, 0.15) is 12.1 Å². The standard InChI is InChI=1S/C19H16FN7O3.ClH/c20-8-12(9-21)10-27-19(29)26(11-22-27)16-3-1-2-15(23-16)13-4-6-14(7-5-13)17-24-18(28)30-25-17;/h1-8,11H,9-10,21H2,(H,24,25,28);1H/b12-8+;. The summed E-state index contributed by atoms with van der Waals surface area (Å²) < 4.78 is 19.6. The van der Waals surface area contributed by atoms with Crippen molar-refractivity contribution >= 4 is 12.4 Å². The Morgan fingerprint density at radius 1 is 1.16 bits per heavy atom. The van der Waals surface area contributed by atoms with Crippen LogP contribution in [0.3, 0.4) is 0 Å². The number of pyridine rings is 1. The number of halogens is 2. The molecular formula is C19H17ClFN7O3. The third-order valence-corrected chi connectivity index (χ3v) is 4.38. The Bertz CT molecular complexity index is 1320. The molecule has 12 heteroatoms. The van der Waals surface area contributed by atoms with Crippen LogP contribution in [0.4, 0.5) is 4.39 Å². The molecule has 31 heavy (non-hydrogen) atoms. The van der Waals surface area contributed by atoms with Crippen molar-refractivity contribution in [3.05, 3.63) is 81.7 Å². The summed E-state index contributed by atoms with van der Waals surface area (Å²) in [5.74, 6) is 0.0635. The van der Waals surface area contributed by atoms with Crippen LogP contribution in [0, 0.1) is 0 Å². The van der Waals surface area contributed by atoms with Crippen molar-refractivity contribution in [1.82, 2.24) is 29.5 Å². The van der Waals surface area contributed by atoms with Crippen LogP contribution in [0.15, 0.2) is 74.8 Å². The van der Waals surface area contributed by atoms with Crippen molar-refractivity contribution in [3.63, 3.8) is 0 Å². The third-order valence-electron chi connectivity index (χ3n) is 4.38. The monoisotopic (exact) mass is 445 g/mol. The average Bonchev–Trinajstić information content (AvgIpc) is 3.38. The maximum atomic E-state index is 12.8. The van der Waals surface area contributed by atoms with E-state index < -0.39 is 11.4 Å². The van der Waals surface area contributed by atoms with E-state index in [0.29, 0.717) is 29.2 Å². The van der Waals surface area contributed by atoms with Crippen LogP contribution in [-0.2, 0) is 6.54 Å².